The number of aryl methyl sites for hydroxylation is 1. The lowest BCUT2D eigenvalue weighted by Crippen LogP contribution is -2.31. The Morgan fingerprint density at radius 1 is 1.50 bits per heavy atom. The molecular weight excluding hydrogens is 292 g/mol. The first-order chi connectivity index (χ1) is 8.76. The van der Waals surface area contributed by atoms with Crippen molar-refractivity contribution in [3.8, 4) is 0 Å². The van der Waals surface area contributed by atoms with Crippen LogP contribution < -0.4 is 11.3 Å². The van der Waals surface area contributed by atoms with Crippen molar-refractivity contribution in [3.05, 3.63) is 52.5 Å². The van der Waals surface area contributed by atoms with E-state index in [1.54, 1.807) is 0 Å². The normalized spacial score (nSPS) is 12.6. The number of rotatable bonds is 5. The highest BCUT2D eigenvalue weighted by Crippen LogP contribution is 2.23. The van der Waals surface area contributed by atoms with Gasteiger partial charge in [-0.1, -0.05) is 35.0 Å². The topological polar surface area (TPSA) is 55.9 Å². The number of hydrogen-bond donors (Lipinski definition) is 2. The van der Waals surface area contributed by atoms with Crippen LogP contribution in [-0.2, 0) is 6.54 Å². The molecule has 3 N–H and O–H groups in total. The third kappa shape index (κ3) is 2.80. The second-order valence-corrected chi connectivity index (χ2v) is 5.05. The predicted octanol–water partition coefficient (Wildman–Crippen LogP) is 2.61. The van der Waals surface area contributed by atoms with Crippen molar-refractivity contribution in [2.45, 2.75) is 25.9 Å². The molecule has 0 aliphatic heterocycles. The van der Waals surface area contributed by atoms with Gasteiger partial charge in [0.05, 0.1) is 0 Å². The van der Waals surface area contributed by atoms with Crippen molar-refractivity contribution >= 4 is 15.9 Å². The largest absolute Gasteiger partial charge is 0.333 e. The molecule has 0 saturated heterocycles. The molecule has 1 aromatic carbocycles. The summed E-state index contributed by atoms with van der Waals surface area (Å²) < 4.78 is 3.17. The number of hydrazine groups is 1. The lowest BCUT2D eigenvalue weighted by Gasteiger charge is -2.17. The van der Waals surface area contributed by atoms with Crippen molar-refractivity contribution < 1.29 is 0 Å². The lowest BCUT2D eigenvalue weighted by atomic mass is 10.1. The zero-order chi connectivity index (χ0) is 13.0. The SMILES string of the molecule is CCCn1ccnc1C(NN)c1cccc(Br)c1. The maximum Gasteiger partial charge on any atom is 0.131 e. The molecule has 18 heavy (non-hydrogen) atoms. The molecule has 1 aromatic heterocycles. The molecule has 2 aromatic rings. The van der Waals surface area contributed by atoms with Gasteiger partial charge < -0.3 is 4.57 Å². The summed E-state index contributed by atoms with van der Waals surface area (Å²) in [5.74, 6) is 6.63. The molecule has 1 atom stereocenters. The summed E-state index contributed by atoms with van der Waals surface area (Å²) in [5.41, 5.74) is 3.94. The molecule has 1 unspecified atom stereocenters. The van der Waals surface area contributed by atoms with Crippen molar-refractivity contribution in [1.29, 1.82) is 0 Å². The van der Waals surface area contributed by atoms with E-state index in [0.717, 1.165) is 28.8 Å². The monoisotopic (exact) mass is 308 g/mol. The fourth-order valence-electron chi connectivity index (χ4n) is 2.02. The smallest absolute Gasteiger partial charge is 0.131 e. The molecule has 0 bridgehead atoms. The van der Waals surface area contributed by atoms with Crippen LogP contribution in [0.3, 0.4) is 0 Å². The summed E-state index contributed by atoms with van der Waals surface area (Å²) in [6.45, 7) is 3.09. The van der Waals surface area contributed by atoms with Crippen molar-refractivity contribution in [1.82, 2.24) is 15.0 Å². The summed E-state index contributed by atoms with van der Waals surface area (Å²) in [6, 6.07) is 7.99. The average molecular weight is 309 g/mol. The Hall–Kier alpha value is -1.17. The van der Waals surface area contributed by atoms with Gasteiger partial charge in [-0.3, -0.25) is 5.84 Å². The van der Waals surface area contributed by atoms with Crippen LogP contribution in [0.15, 0.2) is 41.1 Å². The second kappa shape index (κ2) is 6.13. The molecular formula is C13H17BrN4. The van der Waals surface area contributed by atoms with Gasteiger partial charge in [0.25, 0.3) is 0 Å². The van der Waals surface area contributed by atoms with E-state index in [-0.39, 0.29) is 6.04 Å². The fourth-order valence-corrected chi connectivity index (χ4v) is 2.43. The van der Waals surface area contributed by atoms with Gasteiger partial charge in [0.15, 0.2) is 0 Å². The van der Waals surface area contributed by atoms with E-state index in [1.807, 2.05) is 30.6 Å². The lowest BCUT2D eigenvalue weighted by molar-refractivity contribution is 0.545. The summed E-state index contributed by atoms with van der Waals surface area (Å²) in [7, 11) is 0. The highest BCUT2D eigenvalue weighted by atomic mass is 79.9. The molecule has 0 amide bonds. The van der Waals surface area contributed by atoms with E-state index in [2.05, 4.69) is 43.9 Å². The van der Waals surface area contributed by atoms with Crippen LogP contribution in [0.5, 0.6) is 0 Å². The Morgan fingerprint density at radius 2 is 2.33 bits per heavy atom. The van der Waals surface area contributed by atoms with E-state index in [9.17, 15) is 0 Å². The minimum absolute atomic E-state index is 0.0935. The van der Waals surface area contributed by atoms with Gasteiger partial charge in [0.1, 0.15) is 11.9 Å². The number of hydrogen-bond acceptors (Lipinski definition) is 3. The quantitative estimate of drug-likeness (QED) is 0.659. The van der Waals surface area contributed by atoms with Crippen LogP contribution in [0, 0.1) is 0 Å². The molecule has 0 saturated carbocycles. The third-order valence-electron chi connectivity index (χ3n) is 2.82. The van der Waals surface area contributed by atoms with Crippen LogP contribution in [0.1, 0.15) is 30.8 Å². The van der Waals surface area contributed by atoms with Crippen LogP contribution in [0.25, 0.3) is 0 Å². The standard InChI is InChI=1S/C13H17BrN4/c1-2-7-18-8-6-16-13(18)12(17-15)10-4-3-5-11(14)9-10/h3-6,8-9,12,17H,2,7,15H2,1H3. The van der Waals surface area contributed by atoms with Crippen LogP contribution in [-0.4, -0.2) is 9.55 Å². The molecule has 0 aliphatic rings. The van der Waals surface area contributed by atoms with Gasteiger partial charge in [-0.2, -0.15) is 0 Å². The highest BCUT2D eigenvalue weighted by Gasteiger charge is 2.17. The third-order valence-corrected chi connectivity index (χ3v) is 3.31. The molecule has 5 heteroatoms. The average Bonchev–Trinajstić information content (AvgIpc) is 2.79. The number of imidazole rings is 1. The maximum atomic E-state index is 5.69. The first-order valence-corrected chi connectivity index (χ1v) is 6.78. The predicted molar refractivity (Wildman–Crippen MR) is 75.8 cm³/mol. The molecule has 96 valence electrons. The Bertz CT molecular complexity index is 509. The summed E-state index contributed by atoms with van der Waals surface area (Å²) in [6.07, 6.45) is 4.87. The van der Waals surface area contributed by atoms with Gasteiger partial charge in [0.2, 0.25) is 0 Å². The van der Waals surface area contributed by atoms with Crippen molar-refractivity contribution in [3.63, 3.8) is 0 Å². The van der Waals surface area contributed by atoms with Gasteiger partial charge >= 0.3 is 0 Å². The van der Waals surface area contributed by atoms with E-state index in [1.165, 1.54) is 0 Å². The van der Waals surface area contributed by atoms with Crippen molar-refractivity contribution in [2.24, 2.45) is 5.84 Å². The number of benzene rings is 1. The molecule has 4 nitrogen and oxygen atoms in total. The van der Waals surface area contributed by atoms with Gasteiger partial charge in [0, 0.05) is 23.4 Å². The van der Waals surface area contributed by atoms with Gasteiger partial charge in [-0.15, -0.1) is 0 Å². The zero-order valence-electron chi connectivity index (χ0n) is 10.3. The van der Waals surface area contributed by atoms with E-state index < -0.39 is 0 Å². The summed E-state index contributed by atoms with van der Waals surface area (Å²) >= 11 is 3.48. The minimum Gasteiger partial charge on any atom is -0.333 e. The van der Waals surface area contributed by atoms with Crippen LogP contribution >= 0.6 is 15.9 Å². The molecule has 0 aliphatic carbocycles. The Kier molecular flexibility index (Phi) is 4.52. The summed E-state index contributed by atoms with van der Waals surface area (Å²) in [5, 5.41) is 0. The minimum atomic E-state index is -0.0935. The fraction of sp³-hybridized carbons (Fsp3) is 0.308. The van der Waals surface area contributed by atoms with Crippen molar-refractivity contribution in [2.75, 3.05) is 0 Å². The van der Waals surface area contributed by atoms with Gasteiger partial charge in [-0.25, -0.2) is 10.4 Å². The molecule has 0 fully saturated rings. The number of nitrogens with two attached hydrogens (primary N) is 1. The molecule has 1 heterocycles. The van der Waals surface area contributed by atoms with E-state index in [0.29, 0.717) is 0 Å². The van der Waals surface area contributed by atoms with Crippen LogP contribution in [0.2, 0.25) is 0 Å². The maximum absolute atomic E-state index is 5.69. The van der Waals surface area contributed by atoms with Gasteiger partial charge in [-0.05, 0) is 24.1 Å². The highest BCUT2D eigenvalue weighted by molar-refractivity contribution is 9.10. The number of halogens is 1. The van der Waals surface area contributed by atoms with E-state index >= 15 is 0 Å². The molecule has 2 rings (SSSR count). The number of nitrogens with zero attached hydrogens (tertiary/aromatic N) is 2. The summed E-state index contributed by atoms with van der Waals surface area (Å²) in [4.78, 5) is 4.42. The number of nitrogens with one attached hydrogen (secondary N) is 1. The first kappa shape index (κ1) is 13.3. The molecule has 0 radical (unpaired) electrons. The Morgan fingerprint density at radius 3 is 3.00 bits per heavy atom. The Labute approximate surface area is 115 Å². The zero-order valence-corrected chi connectivity index (χ0v) is 11.9. The van der Waals surface area contributed by atoms with Crippen LogP contribution in [0.4, 0.5) is 0 Å². The molecule has 0 spiro atoms. The number of aromatic nitrogens is 2. The first-order valence-electron chi connectivity index (χ1n) is 5.99. The Balaban J connectivity index is 2.36. The second-order valence-electron chi connectivity index (χ2n) is 4.13. The van der Waals surface area contributed by atoms with E-state index in [4.69, 9.17) is 5.84 Å².